The number of alkyl halides is 3. The smallest absolute Gasteiger partial charge is 0.416 e. The van der Waals surface area contributed by atoms with Gasteiger partial charge in [-0.25, -0.2) is 4.79 Å². The van der Waals surface area contributed by atoms with Crippen LogP contribution in [0.3, 0.4) is 0 Å². The molecule has 3 rings (SSSR count). The number of halogens is 3. The van der Waals surface area contributed by atoms with E-state index in [1.165, 1.54) is 19.9 Å². The van der Waals surface area contributed by atoms with Crippen molar-refractivity contribution in [2.45, 2.75) is 20.0 Å². The van der Waals surface area contributed by atoms with E-state index >= 15 is 0 Å². The van der Waals surface area contributed by atoms with Crippen molar-refractivity contribution in [1.29, 1.82) is 0 Å². The largest absolute Gasteiger partial charge is 0.477 e. The Labute approximate surface area is 149 Å². The molecule has 140 valence electrons. The highest BCUT2D eigenvalue weighted by Gasteiger charge is 2.31. The number of carbonyl (C=O) groups is 1. The summed E-state index contributed by atoms with van der Waals surface area (Å²) in [6, 6.07) is 5.12. The van der Waals surface area contributed by atoms with Crippen LogP contribution in [0.15, 0.2) is 39.6 Å². The van der Waals surface area contributed by atoms with Gasteiger partial charge in [-0.15, -0.1) is 0 Å². The topological polar surface area (TPSA) is 98.2 Å². The number of hydrogen-bond donors (Lipinski definition) is 1. The number of aryl methyl sites for hydroxylation is 1. The minimum absolute atomic E-state index is 0.0215. The maximum atomic E-state index is 13.0. The SMILES string of the molecule is Cc1nc(-c2cc(C(=O)O)c(=O)n(-c3cccc(C(F)(F)F)c3)c2C)no1. The van der Waals surface area contributed by atoms with Crippen LogP contribution in [0.5, 0.6) is 0 Å². The summed E-state index contributed by atoms with van der Waals surface area (Å²) < 4.78 is 44.8. The van der Waals surface area contributed by atoms with Gasteiger partial charge in [0.25, 0.3) is 5.56 Å². The van der Waals surface area contributed by atoms with Crippen molar-refractivity contribution in [1.82, 2.24) is 14.7 Å². The molecule has 0 radical (unpaired) electrons. The van der Waals surface area contributed by atoms with Crippen LogP contribution in [-0.2, 0) is 6.18 Å². The third-order valence-corrected chi connectivity index (χ3v) is 3.88. The number of nitrogens with zero attached hydrogens (tertiary/aromatic N) is 3. The standard InChI is InChI=1S/C17H12F3N3O4/c1-8-12(14-21-9(2)27-22-14)7-13(16(25)26)15(24)23(8)11-5-3-4-10(6-11)17(18,19)20/h3-7H,1-2H3,(H,25,26). The van der Waals surface area contributed by atoms with Gasteiger partial charge in [0.15, 0.2) is 0 Å². The summed E-state index contributed by atoms with van der Waals surface area (Å²) >= 11 is 0. The quantitative estimate of drug-likeness (QED) is 0.750. The van der Waals surface area contributed by atoms with Crippen LogP contribution in [0, 0.1) is 13.8 Å². The second kappa shape index (κ2) is 6.38. The second-order valence-corrected chi connectivity index (χ2v) is 5.69. The maximum Gasteiger partial charge on any atom is 0.416 e. The third-order valence-electron chi connectivity index (χ3n) is 3.88. The minimum atomic E-state index is -4.62. The molecule has 0 saturated heterocycles. The van der Waals surface area contributed by atoms with Crippen LogP contribution < -0.4 is 5.56 Å². The first-order valence-electron chi connectivity index (χ1n) is 7.58. The van der Waals surface area contributed by atoms with E-state index in [0.29, 0.717) is 0 Å². The van der Waals surface area contributed by atoms with Gasteiger partial charge in [0, 0.05) is 23.9 Å². The Bertz CT molecular complexity index is 1100. The Morgan fingerprint density at radius 2 is 1.93 bits per heavy atom. The zero-order chi connectivity index (χ0) is 19.9. The van der Waals surface area contributed by atoms with Gasteiger partial charge in [-0.3, -0.25) is 9.36 Å². The second-order valence-electron chi connectivity index (χ2n) is 5.69. The summed E-state index contributed by atoms with van der Waals surface area (Å²) in [6.07, 6.45) is -4.62. The van der Waals surface area contributed by atoms with Crippen molar-refractivity contribution in [3.63, 3.8) is 0 Å². The van der Waals surface area contributed by atoms with Crippen molar-refractivity contribution >= 4 is 5.97 Å². The number of rotatable bonds is 3. The van der Waals surface area contributed by atoms with E-state index < -0.39 is 28.8 Å². The fourth-order valence-corrected chi connectivity index (χ4v) is 2.62. The zero-order valence-corrected chi connectivity index (χ0v) is 14.0. The van der Waals surface area contributed by atoms with Crippen LogP contribution >= 0.6 is 0 Å². The number of aromatic carboxylic acids is 1. The van der Waals surface area contributed by atoms with E-state index in [4.69, 9.17) is 4.52 Å². The summed E-state index contributed by atoms with van der Waals surface area (Å²) in [5.41, 5.74) is -2.37. The minimum Gasteiger partial charge on any atom is -0.477 e. The lowest BCUT2D eigenvalue weighted by molar-refractivity contribution is -0.137. The van der Waals surface area contributed by atoms with Crippen molar-refractivity contribution in [2.75, 3.05) is 0 Å². The number of aromatic nitrogens is 3. The van der Waals surface area contributed by atoms with Gasteiger partial charge in [0.2, 0.25) is 11.7 Å². The Kier molecular flexibility index (Phi) is 4.34. The zero-order valence-electron chi connectivity index (χ0n) is 14.0. The monoisotopic (exact) mass is 379 g/mol. The van der Waals surface area contributed by atoms with Crippen LogP contribution in [0.4, 0.5) is 13.2 Å². The predicted octanol–water partition coefficient (Wildman–Crippen LogP) is 3.22. The predicted molar refractivity (Wildman–Crippen MR) is 86.8 cm³/mol. The van der Waals surface area contributed by atoms with Gasteiger partial charge in [-0.2, -0.15) is 18.2 Å². The summed E-state index contributed by atoms with van der Waals surface area (Å²) in [7, 11) is 0. The molecular formula is C17H12F3N3O4. The summed E-state index contributed by atoms with van der Waals surface area (Å²) in [5.74, 6) is -1.30. The molecule has 0 amide bonds. The normalized spacial score (nSPS) is 11.6. The molecule has 0 spiro atoms. The molecule has 2 heterocycles. The van der Waals surface area contributed by atoms with Crippen molar-refractivity contribution in [3.8, 4) is 17.1 Å². The fraction of sp³-hybridized carbons (Fsp3) is 0.176. The Hall–Kier alpha value is -3.43. The molecule has 3 aromatic rings. The van der Waals surface area contributed by atoms with Crippen LogP contribution in [0.2, 0.25) is 0 Å². The number of benzene rings is 1. The number of hydrogen-bond acceptors (Lipinski definition) is 5. The van der Waals surface area contributed by atoms with E-state index in [2.05, 4.69) is 10.1 Å². The number of carboxylic acid groups (broad SMARTS) is 1. The van der Waals surface area contributed by atoms with Gasteiger partial charge in [0.1, 0.15) is 5.56 Å². The molecule has 0 unspecified atom stereocenters. The van der Waals surface area contributed by atoms with Crippen LogP contribution in [0.1, 0.15) is 27.5 Å². The average molecular weight is 379 g/mol. The Balaban J connectivity index is 2.34. The molecule has 0 aliphatic rings. The molecule has 2 aromatic heterocycles. The Morgan fingerprint density at radius 3 is 2.48 bits per heavy atom. The van der Waals surface area contributed by atoms with Crippen molar-refractivity contribution in [3.05, 3.63) is 63.4 Å². The van der Waals surface area contributed by atoms with Gasteiger partial charge >= 0.3 is 12.1 Å². The van der Waals surface area contributed by atoms with Gasteiger partial charge in [0.05, 0.1) is 5.56 Å². The van der Waals surface area contributed by atoms with Crippen molar-refractivity contribution < 1.29 is 27.6 Å². The molecule has 0 fully saturated rings. The van der Waals surface area contributed by atoms with Gasteiger partial charge < -0.3 is 9.63 Å². The van der Waals surface area contributed by atoms with E-state index in [9.17, 15) is 27.9 Å². The molecule has 0 saturated carbocycles. The van der Waals surface area contributed by atoms with Gasteiger partial charge in [-0.05, 0) is 31.2 Å². The first kappa shape index (κ1) is 18.4. The van der Waals surface area contributed by atoms with E-state index in [1.807, 2.05) is 0 Å². The molecular weight excluding hydrogens is 367 g/mol. The number of carboxylic acids is 1. The lowest BCUT2D eigenvalue weighted by Gasteiger charge is -2.15. The van der Waals surface area contributed by atoms with Crippen molar-refractivity contribution in [2.24, 2.45) is 0 Å². The molecule has 0 bridgehead atoms. The molecule has 0 atom stereocenters. The summed E-state index contributed by atoms with van der Waals surface area (Å²) in [5, 5.41) is 13.0. The summed E-state index contributed by atoms with van der Waals surface area (Å²) in [6.45, 7) is 2.97. The molecule has 27 heavy (non-hydrogen) atoms. The molecule has 7 nitrogen and oxygen atoms in total. The van der Waals surface area contributed by atoms with E-state index in [1.54, 1.807) is 0 Å². The van der Waals surface area contributed by atoms with E-state index in [0.717, 1.165) is 28.8 Å². The lowest BCUT2D eigenvalue weighted by atomic mass is 10.1. The molecule has 10 heteroatoms. The maximum absolute atomic E-state index is 13.0. The van der Waals surface area contributed by atoms with Crippen LogP contribution in [-0.4, -0.2) is 25.8 Å². The van der Waals surface area contributed by atoms with Crippen LogP contribution in [0.25, 0.3) is 17.1 Å². The molecule has 1 aromatic carbocycles. The van der Waals surface area contributed by atoms with Gasteiger partial charge in [-0.1, -0.05) is 11.2 Å². The average Bonchev–Trinajstić information content (AvgIpc) is 3.00. The molecule has 0 aliphatic heterocycles. The highest BCUT2D eigenvalue weighted by atomic mass is 19.4. The first-order chi connectivity index (χ1) is 12.6. The van der Waals surface area contributed by atoms with E-state index in [-0.39, 0.29) is 28.7 Å². The molecule has 0 aliphatic carbocycles. The third kappa shape index (κ3) is 3.33. The highest BCUT2D eigenvalue weighted by molar-refractivity contribution is 5.89. The first-order valence-corrected chi connectivity index (χ1v) is 7.58. The highest BCUT2D eigenvalue weighted by Crippen LogP contribution is 2.31. The molecule has 1 N–H and O–H groups in total. The lowest BCUT2D eigenvalue weighted by Crippen LogP contribution is -2.27. The Morgan fingerprint density at radius 1 is 1.22 bits per heavy atom. The fourth-order valence-electron chi connectivity index (χ4n) is 2.62. The number of pyridine rings is 1. The summed E-state index contributed by atoms with van der Waals surface area (Å²) in [4.78, 5) is 28.1.